The summed E-state index contributed by atoms with van der Waals surface area (Å²) in [6.07, 6.45) is 7.26. The lowest BCUT2D eigenvalue weighted by molar-refractivity contribution is -0.130. The normalized spacial score (nSPS) is 17.2. The predicted octanol–water partition coefficient (Wildman–Crippen LogP) is 4.08. The minimum atomic E-state index is -0.783. The molecule has 0 spiro atoms. The van der Waals surface area contributed by atoms with Crippen molar-refractivity contribution in [2.24, 2.45) is 17.6 Å². The molecule has 1 aliphatic rings. The first-order valence-electron chi connectivity index (χ1n) is 14.4. The summed E-state index contributed by atoms with van der Waals surface area (Å²) in [4.78, 5) is 41.8. The first-order chi connectivity index (χ1) is 20.8. The molecule has 2 aromatic heterocycles. The smallest absolute Gasteiger partial charge is 0.247 e. The highest BCUT2D eigenvalue weighted by Gasteiger charge is 2.29. The average molecular weight is 602 g/mol. The third kappa shape index (κ3) is 7.74. The van der Waals surface area contributed by atoms with Gasteiger partial charge in [0.05, 0.1) is 0 Å². The molecular formula is C31H36ClN9O2. The lowest BCUT2D eigenvalue weighted by atomic mass is 9.81. The van der Waals surface area contributed by atoms with E-state index in [1.165, 1.54) is 0 Å². The summed E-state index contributed by atoms with van der Waals surface area (Å²) < 4.78 is 0. The average Bonchev–Trinajstić information content (AvgIpc) is 3.47. The second kappa shape index (κ2) is 13.7. The topological polar surface area (TPSA) is 155 Å². The van der Waals surface area contributed by atoms with Crippen molar-refractivity contribution in [3.63, 3.8) is 0 Å². The number of anilines is 2. The molecule has 2 amide bonds. The number of aromatic nitrogens is 5. The maximum absolute atomic E-state index is 13.6. The van der Waals surface area contributed by atoms with Crippen LogP contribution in [0.5, 0.6) is 0 Å². The van der Waals surface area contributed by atoms with Crippen molar-refractivity contribution in [2.75, 3.05) is 30.9 Å². The van der Waals surface area contributed by atoms with Crippen molar-refractivity contribution >= 4 is 35.1 Å². The van der Waals surface area contributed by atoms with E-state index < -0.39 is 6.04 Å². The van der Waals surface area contributed by atoms with Crippen molar-refractivity contribution in [1.82, 2.24) is 30.5 Å². The van der Waals surface area contributed by atoms with Gasteiger partial charge in [-0.15, -0.1) is 0 Å². The van der Waals surface area contributed by atoms with Crippen LogP contribution >= 0.6 is 11.6 Å². The SMILES string of the molecule is CN(C)c1ncc(-c2cccc(CC(NC(=O)C3CCC(CN)CC3)C(=O)Nc3ccc(-c4n[nH]c(Cl)n4)cc3)c2)cn1. The molecule has 1 saturated carbocycles. The van der Waals surface area contributed by atoms with Gasteiger partial charge in [0.25, 0.3) is 0 Å². The molecule has 224 valence electrons. The van der Waals surface area contributed by atoms with Gasteiger partial charge in [0.15, 0.2) is 5.82 Å². The van der Waals surface area contributed by atoms with Crippen LogP contribution in [0.15, 0.2) is 60.9 Å². The molecule has 0 saturated heterocycles. The number of H-pyrrole nitrogens is 1. The zero-order chi connectivity index (χ0) is 30.3. The summed E-state index contributed by atoms with van der Waals surface area (Å²) in [7, 11) is 3.78. The first-order valence-corrected chi connectivity index (χ1v) is 14.7. The summed E-state index contributed by atoms with van der Waals surface area (Å²) in [6, 6.07) is 14.2. The van der Waals surface area contributed by atoms with E-state index in [1.807, 2.05) is 43.3 Å². The third-order valence-electron chi connectivity index (χ3n) is 7.79. The van der Waals surface area contributed by atoms with Gasteiger partial charge in [0.1, 0.15) is 6.04 Å². The van der Waals surface area contributed by atoms with Crippen molar-refractivity contribution < 1.29 is 9.59 Å². The lowest BCUT2D eigenvalue weighted by Crippen LogP contribution is -2.48. The van der Waals surface area contributed by atoms with Gasteiger partial charge in [0.2, 0.25) is 23.0 Å². The van der Waals surface area contributed by atoms with E-state index in [0.717, 1.165) is 47.9 Å². The Morgan fingerprint density at radius 1 is 1.02 bits per heavy atom. The van der Waals surface area contributed by atoms with E-state index in [4.69, 9.17) is 17.3 Å². The number of rotatable bonds is 10. The number of nitrogens with two attached hydrogens (primary N) is 1. The molecule has 4 aromatic rings. The molecule has 1 atom stereocenters. The standard InChI is InChI=1S/C31H36ClN9O2/c1-41(2)31-34-17-24(18-35-31)23-5-3-4-20(14-23)15-26(37-28(42)22-8-6-19(16-33)7-9-22)29(43)36-25-12-10-21(11-13-25)27-38-30(32)40-39-27/h3-5,10-14,17-19,22,26H,6-9,15-16,33H2,1-2H3,(H,36,43)(H,37,42)(H,38,39,40). The largest absolute Gasteiger partial charge is 0.347 e. The Morgan fingerprint density at radius 3 is 2.37 bits per heavy atom. The maximum Gasteiger partial charge on any atom is 0.247 e. The van der Waals surface area contributed by atoms with E-state index in [9.17, 15) is 9.59 Å². The summed E-state index contributed by atoms with van der Waals surface area (Å²) in [5, 5.41) is 12.9. The minimum absolute atomic E-state index is 0.101. The van der Waals surface area contributed by atoms with E-state index in [-0.39, 0.29) is 23.0 Å². The van der Waals surface area contributed by atoms with Crippen molar-refractivity contribution in [2.45, 2.75) is 38.1 Å². The van der Waals surface area contributed by atoms with Crippen molar-refractivity contribution in [3.05, 3.63) is 71.8 Å². The first kappa shape index (κ1) is 30.1. The quantitative estimate of drug-likeness (QED) is 0.212. The summed E-state index contributed by atoms with van der Waals surface area (Å²) >= 11 is 5.85. The van der Waals surface area contributed by atoms with Gasteiger partial charge in [-0.3, -0.25) is 9.59 Å². The molecule has 2 aromatic carbocycles. The number of hydrogen-bond donors (Lipinski definition) is 4. The van der Waals surface area contributed by atoms with E-state index >= 15 is 0 Å². The maximum atomic E-state index is 13.6. The molecule has 1 unspecified atom stereocenters. The second-order valence-corrected chi connectivity index (χ2v) is 11.5. The van der Waals surface area contributed by atoms with Crippen LogP contribution in [0, 0.1) is 11.8 Å². The molecule has 43 heavy (non-hydrogen) atoms. The molecule has 1 fully saturated rings. The van der Waals surface area contributed by atoms with Gasteiger partial charge in [-0.1, -0.05) is 24.3 Å². The van der Waals surface area contributed by atoms with Crippen LogP contribution in [0.4, 0.5) is 11.6 Å². The Hall–Kier alpha value is -4.35. The molecular weight excluding hydrogens is 566 g/mol. The number of amides is 2. The highest BCUT2D eigenvalue weighted by Crippen LogP contribution is 2.29. The predicted molar refractivity (Wildman–Crippen MR) is 167 cm³/mol. The molecule has 5 rings (SSSR count). The van der Waals surface area contributed by atoms with Crippen molar-refractivity contribution in [3.8, 4) is 22.5 Å². The van der Waals surface area contributed by atoms with Gasteiger partial charge in [-0.05, 0) is 85.1 Å². The number of nitrogens with one attached hydrogen (secondary N) is 3. The zero-order valence-electron chi connectivity index (χ0n) is 24.3. The zero-order valence-corrected chi connectivity index (χ0v) is 25.0. The molecule has 12 heteroatoms. The van der Waals surface area contributed by atoms with Gasteiger partial charge in [-0.2, -0.15) is 10.1 Å². The van der Waals surface area contributed by atoms with Crippen LogP contribution in [0.25, 0.3) is 22.5 Å². The number of halogens is 1. The van der Waals surface area contributed by atoms with Crippen LogP contribution in [0.2, 0.25) is 5.28 Å². The molecule has 2 heterocycles. The highest BCUT2D eigenvalue weighted by molar-refractivity contribution is 6.28. The summed E-state index contributed by atoms with van der Waals surface area (Å²) in [6.45, 7) is 0.640. The molecule has 1 aliphatic carbocycles. The molecule has 11 nitrogen and oxygen atoms in total. The Kier molecular flexibility index (Phi) is 9.63. The number of carbonyl (C=O) groups excluding carboxylic acids is 2. The van der Waals surface area contributed by atoms with Gasteiger partial charge in [0, 0.05) is 55.6 Å². The second-order valence-electron chi connectivity index (χ2n) is 11.1. The monoisotopic (exact) mass is 601 g/mol. The van der Waals surface area contributed by atoms with Gasteiger partial charge < -0.3 is 21.3 Å². The van der Waals surface area contributed by atoms with E-state index in [0.29, 0.717) is 36.3 Å². The Morgan fingerprint density at radius 2 is 1.74 bits per heavy atom. The fourth-order valence-electron chi connectivity index (χ4n) is 5.28. The van der Waals surface area contributed by atoms with Crippen LogP contribution in [-0.2, 0) is 16.0 Å². The lowest BCUT2D eigenvalue weighted by Gasteiger charge is -2.28. The van der Waals surface area contributed by atoms with E-state index in [1.54, 1.807) is 36.7 Å². The van der Waals surface area contributed by atoms with E-state index in [2.05, 4.69) is 35.8 Å². The third-order valence-corrected chi connectivity index (χ3v) is 7.96. The van der Waals surface area contributed by atoms with Crippen LogP contribution in [0.1, 0.15) is 31.2 Å². The summed E-state index contributed by atoms with van der Waals surface area (Å²) in [5.41, 5.74) is 9.87. The van der Waals surface area contributed by atoms with Crippen LogP contribution < -0.4 is 21.3 Å². The number of aromatic amines is 1. The Balaban J connectivity index is 1.33. The molecule has 0 radical (unpaired) electrons. The van der Waals surface area contributed by atoms with Gasteiger partial charge in [-0.25, -0.2) is 15.1 Å². The van der Waals surface area contributed by atoms with Crippen molar-refractivity contribution in [1.29, 1.82) is 0 Å². The number of nitrogens with zero attached hydrogens (tertiary/aromatic N) is 5. The number of hydrogen-bond acceptors (Lipinski definition) is 8. The molecule has 0 aliphatic heterocycles. The van der Waals surface area contributed by atoms with Crippen LogP contribution in [0.3, 0.4) is 0 Å². The number of benzene rings is 2. The Bertz CT molecular complexity index is 1530. The fourth-order valence-corrected chi connectivity index (χ4v) is 5.40. The highest BCUT2D eigenvalue weighted by atomic mass is 35.5. The fraction of sp³-hybridized carbons (Fsp3) is 0.355. The molecule has 0 bridgehead atoms. The van der Waals surface area contributed by atoms with Crippen LogP contribution in [-0.4, -0.2) is 63.6 Å². The number of carbonyl (C=O) groups is 2. The Labute approximate surface area is 255 Å². The van der Waals surface area contributed by atoms with Gasteiger partial charge >= 0.3 is 0 Å². The minimum Gasteiger partial charge on any atom is -0.347 e. The molecule has 5 N–H and O–H groups in total. The summed E-state index contributed by atoms with van der Waals surface area (Å²) in [5.74, 6) is 0.996.